The van der Waals surface area contributed by atoms with E-state index in [-0.39, 0.29) is 5.41 Å². The maximum Gasteiger partial charge on any atom is 0.287 e. The highest BCUT2D eigenvalue weighted by molar-refractivity contribution is 5.32. The van der Waals surface area contributed by atoms with E-state index in [1.165, 1.54) is 6.20 Å². The largest absolute Gasteiger partial charge is 0.359 e. The van der Waals surface area contributed by atoms with Crippen molar-refractivity contribution in [2.75, 3.05) is 0 Å². The molecule has 0 saturated heterocycles. The predicted octanol–water partition coefficient (Wildman–Crippen LogP) is 2.32. The molecule has 0 spiro atoms. The number of nitrogens with zero attached hydrogens (tertiary/aromatic N) is 3. The van der Waals surface area contributed by atoms with Gasteiger partial charge >= 0.3 is 0 Å². The monoisotopic (exact) mass is 161 g/mol. The van der Waals surface area contributed by atoms with E-state index >= 15 is 0 Å². The van der Waals surface area contributed by atoms with Crippen LogP contribution < -0.4 is 0 Å². The third kappa shape index (κ3) is 1.79. The lowest BCUT2D eigenvalue weighted by Gasteiger charge is -2.15. The Morgan fingerprint density at radius 3 is 2.25 bits per heavy atom. The van der Waals surface area contributed by atoms with Gasteiger partial charge in [0.05, 0.1) is 11.9 Å². The zero-order chi connectivity index (χ0) is 9.19. The first-order valence-corrected chi connectivity index (χ1v) is 3.74. The first kappa shape index (κ1) is 8.66. The summed E-state index contributed by atoms with van der Waals surface area (Å²) in [6.45, 7) is 12.9. The summed E-state index contributed by atoms with van der Waals surface area (Å²) >= 11 is 0. The van der Waals surface area contributed by atoms with Crippen LogP contribution in [0.1, 0.15) is 26.5 Å². The normalized spacial score (nSPS) is 10.8. The second kappa shape index (κ2) is 2.90. The summed E-state index contributed by atoms with van der Waals surface area (Å²) in [7, 11) is 0. The summed E-state index contributed by atoms with van der Waals surface area (Å²) in [5, 5.41) is 0. The molecule has 0 bridgehead atoms. The van der Waals surface area contributed by atoms with E-state index in [4.69, 9.17) is 6.57 Å². The van der Waals surface area contributed by atoms with E-state index in [0.29, 0.717) is 5.82 Å². The van der Waals surface area contributed by atoms with Crippen LogP contribution in [0, 0.1) is 6.57 Å². The minimum atomic E-state index is 0.00750. The third-order valence-corrected chi connectivity index (χ3v) is 1.52. The second-order valence-electron chi connectivity index (χ2n) is 3.62. The lowest BCUT2D eigenvalue weighted by Crippen LogP contribution is -2.13. The van der Waals surface area contributed by atoms with Gasteiger partial charge in [0.25, 0.3) is 5.82 Å². The van der Waals surface area contributed by atoms with E-state index in [9.17, 15) is 0 Å². The Morgan fingerprint density at radius 1 is 1.25 bits per heavy atom. The highest BCUT2D eigenvalue weighted by Gasteiger charge is 2.16. The minimum absolute atomic E-state index is 0.00750. The molecule has 3 nitrogen and oxygen atoms in total. The topological polar surface area (TPSA) is 30.1 Å². The van der Waals surface area contributed by atoms with Gasteiger partial charge in [-0.1, -0.05) is 27.3 Å². The van der Waals surface area contributed by atoms with Crippen molar-refractivity contribution in [1.82, 2.24) is 9.97 Å². The van der Waals surface area contributed by atoms with Crippen LogP contribution in [0.3, 0.4) is 0 Å². The molecule has 0 unspecified atom stereocenters. The number of rotatable bonds is 0. The quantitative estimate of drug-likeness (QED) is 0.546. The van der Waals surface area contributed by atoms with Gasteiger partial charge in [-0.3, -0.25) is 4.98 Å². The Balaban J connectivity index is 3.02. The lowest BCUT2D eigenvalue weighted by molar-refractivity contribution is 0.566. The van der Waals surface area contributed by atoms with E-state index in [1.54, 1.807) is 6.20 Å². The molecule has 0 N–H and O–H groups in total. The van der Waals surface area contributed by atoms with Crippen molar-refractivity contribution in [3.63, 3.8) is 0 Å². The van der Waals surface area contributed by atoms with Crippen molar-refractivity contribution >= 4 is 5.82 Å². The summed E-state index contributed by atoms with van der Waals surface area (Å²) in [5.41, 5.74) is 0.919. The highest BCUT2D eigenvalue weighted by Crippen LogP contribution is 2.19. The van der Waals surface area contributed by atoms with Gasteiger partial charge in [0, 0.05) is 5.41 Å². The predicted molar refractivity (Wildman–Crippen MR) is 47.0 cm³/mol. The average Bonchev–Trinajstić information content (AvgIpc) is 2.03. The van der Waals surface area contributed by atoms with Gasteiger partial charge in [-0.15, -0.1) is 4.98 Å². The fourth-order valence-corrected chi connectivity index (χ4v) is 0.766. The van der Waals surface area contributed by atoms with Crippen LogP contribution in [0.5, 0.6) is 0 Å². The van der Waals surface area contributed by atoms with Crippen molar-refractivity contribution in [1.29, 1.82) is 0 Å². The van der Waals surface area contributed by atoms with Crippen LogP contribution in [0.25, 0.3) is 4.85 Å². The Labute approximate surface area is 72.3 Å². The average molecular weight is 161 g/mol. The summed E-state index contributed by atoms with van der Waals surface area (Å²) < 4.78 is 0. The Hall–Kier alpha value is -1.43. The van der Waals surface area contributed by atoms with Crippen molar-refractivity contribution in [3.05, 3.63) is 29.5 Å². The Kier molecular flexibility index (Phi) is 2.09. The fraction of sp³-hybridized carbons (Fsp3) is 0.444. The number of aromatic nitrogens is 2. The summed E-state index contributed by atoms with van der Waals surface area (Å²) in [4.78, 5) is 11.3. The van der Waals surface area contributed by atoms with Gasteiger partial charge < -0.3 is 4.85 Å². The molecule has 0 radical (unpaired) electrons. The smallest absolute Gasteiger partial charge is 0.287 e. The Morgan fingerprint density at radius 2 is 1.92 bits per heavy atom. The molecular weight excluding hydrogens is 150 g/mol. The fourth-order valence-electron chi connectivity index (χ4n) is 0.766. The highest BCUT2D eigenvalue weighted by atomic mass is 14.9. The number of hydrogen-bond donors (Lipinski definition) is 0. The Bertz CT molecular complexity index is 300. The first-order valence-electron chi connectivity index (χ1n) is 3.74. The van der Waals surface area contributed by atoms with Crippen LogP contribution >= 0.6 is 0 Å². The molecular formula is C9H11N3. The molecule has 12 heavy (non-hydrogen) atoms. The summed E-state index contributed by atoms with van der Waals surface area (Å²) in [5.74, 6) is 0.350. The van der Waals surface area contributed by atoms with Crippen LogP contribution in [0.15, 0.2) is 12.4 Å². The molecule has 3 heteroatoms. The summed E-state index contributed by atoms with van der Waals surface area (Å²) in [6, 6.07) is 0. The molecule has 1 aromatic rings. The van der Waals surface area contributed by atoms with Gasteiger partial charge in [-0.2, -0.15) is 0 Å². The van der Waals surface area contributed by atoms with E-state index in [1.807, 2.05) is 0 Å². The van der Waals surface area contributed by atoms with Crippen molar-refractivity contribution < 1.29 is 0 Å². The van der Waals surface area contributed by atoms with E-state index < -0.39 is 0 Å². The van der Waals surface area contributed by atoms with Crippen molar-refractivity contribution in [3.8, 4) is 0 Å². The van der Waals surface area contributed by atoms with Gasteiger partial charge in [-0.05, 0) is 0 Å². The molecule has 0 aromatic carbocycles. The van der Waals surface area contributed by atoms with Gasteiger partial charge in [-0.25, -0.2) is 0 Å². The SMILES string of the molecule is [C-]#[N+]c1cnc(C(C)(C)C)cn1. The van der Waals surface area contributed by atoms with Crippen LogP contribution in [-0.4, -0.2) is 9.97 Å². The van der Waals surface area contributed by atoms with Crippen molar-refractivity contribution in [2.24, 2.45) is 0 Å². The van der Waals surface area contributed by atoms with Crippen LogP contribution in [-0.2, 0) is 5.41 Å². The van der Waals surface area contributed by atoms with Crippen LogP contribution in [0.2, 0.25) is 0 Å². The van der Waals surface area contributed by atoms with Crippen LogP contribution in [0.4, 0.5) is 5.82 Å². The number of hydrogen-bond acceptors (Lipinski definition) is 2. The minimum Gasteiger partial charge on any atom is -0.359 e. The maximum absolute atomic E-state index is 6.69. The molecule has 1 rings (SSSR count). The molecule has 1 aromatic heterocycles. The lowest BCUT2D eigenvalue weighted by atomic mass is 9.93. The standard InChI is InChI=1S/C9H11N3/c1-9(2,3)7-5-12-8(10-4)6-11-7/h5-6H,1-3H3. The molecule has 62 valence electrons. The molecule has 0 fully saturated rings. The first-order chi connectivity index (χ1) is 5.54. The summed E-state index contributed by atoms with van der Waals surface area (Å²) in [6.07, 6.45) is 3.17. The third-order valence-electron chi connectivity index (χ3n) is 1.52. The van der Waals surface area contributed by atoms with Gasteiger partial charge in [0.2, 0.25) is 0 Å². The molecule has 0 aliphatic heterocycles. The van der Waals surface area contributed by atoms with Crippen molar-refractivity contribution in [2.45, 2.75) is 26.2 Å². The molecule has 0 amide bonds. The van der Waals surface area contributed by atoms with E-state index in [0.717, 1.165) is 5.69 Å². The molecule has 1 heterocycles. The molecule has 0 aliphatic rings. The zero-order valence-electron chi connectivity index (χ0n) is 7.50. The van der Waals surface area contributed by atoms with Gasteiger partial charge in [0.1, 0.15) is 6.20 Å². The maximum atomic E-state index is 6.69. The molecule has 0 aliphatic carbocycles. The van der Waals surface area contributed by atoms with Gasteiger partial charge in [0.15, 0.2) is 0 Å². The van der Waals surface area contributed by atoms with E-state index in [2.05, 4.69) is 35.6 Å². The molecule has 0 atom stereocenters. The molecule has 0 saturated carbocycles. The zero-order valence-corrected chi connectivity index (χ0v) is 7.50. The second-order valence-corrected chi connectivity index (χ2v) is 3.62.